The van der Waals surface area contributed by atoms with E-state index >= 15 is 0 Å². The van der Waals surface area contributed by atoms with Crippen molar-refractivity contribution >= 4 is 0 Å². The molecule has 0 unspecified atom stereocenters. The summed E-state index contributed by atoms with van der Waals surface area (Å²) in [6.45, 7) is 0. The van der Waals surface area contributed by atoms with Crippen molar-refractivity contribution in [3.05, 3.63) is 180 Å². The van der Waals surface area contributed by atoms with Gasteiger partial charge in [-0.15, -0.1) is 10.5 Å². The van der Waals surface area contributed by atoms with E-state index in [1.807, 2.05) is 36.4 Å². The minimum Gasteiger partial charge on any atom is -0.388 e. The van der Waals surface area contributed by atoms with Crippen molar-refractivity contribution in [2.75, 3.05) is 0 Å². The molecule has 6 aromatic rings. The number of benzene rings is 6. The second-order valence-electron chi connectivity index (χ2n) is 10.1. The predicted octanol–water partition coefficient (Wildman–Crippen LogP) is 9.12. The normalized spacial score (nSPS) is 10.7. The van der Waals surface area contributed by atoms with Crippen LogP contribution in [0.25, 0.3) is 22.3 Å². The van der Waals surface area contributed by atoms with Gasteiger partial charge in [-0.2, -0.15) is 0 Å². The van der Waals surface area contributed by atoms with Crippen molar-refractivity contribution in [3.63, 3.8) is 0 Å². The summed E-state index contributed by atoms with van der Waals surface area (Å²) in [6, 6.07) is 53.7. The van der Waals surface area contributed by atoms with Crippen LogP contribution >= 0.6 is 0 Å². The van der Waals surface area contributed by atoms with Crippen LogP contribution in [0.5, 0.6) is 11.5 Å². The summed E-state index contributed by atoms with van der Waals surface area (Å²) in [5, 5.41) is 17.6. The van der Waals surface area contributed by atoms with Gasteiger partial charge in [-0.3, -0.25) is 0 Å². The monoisotopic (exact) mass is 554 g/mol. The molecule has 6 aromatic carbocycles. The van der Waals surface area contributed by atoms with Crippen molar-refractivity contribution in [2.24, 2.45) is 0 Å². The number of hydrogen-bond donors (Lipinski definition) is 0. The van der Waals surface area contributed by atoms with Crippen molar-refractivity contribution in [3.8, 4) is 46.3 Å². The molecule has 0 heterocycles. The van der Waals surface area contributed by atoms with Gasteiger partial charge in [0.2, 0.25) is 0 Å². The Morgan fingerprint density at radius 2 is 0.628 bits per heavy atom. The van der Waals surface area contributed by atoms with E-state index in [9.17, 15) is 0 Å². The van der Waals surface area contributed by atoms with Crippen molar-refractivity contribution in [1.82, 2.24) is 0 Å². The van der Waals surface area contributed by atoms with Gasteiger partial charge in [0.15, 0.2) is 0 Å². The Hall–Kier alpha value is -6.10. The fourth-order valence-electron chi connectivity index (χ4n) is 5.74. The van der Waals surface area contributed by atoms with Gasteiger partial charge in [-0.1, -0.05) is 133 Å². The van der Waals surface area contributed by atoms with Gasteiger partial charge in [0, 0.05) is 0 Å². The first-order valence-corrected chi connectivity index (χ1v) is 13.9. The van der Waals surface area contributed by atoms with E-state index in [1.54, 1.807) is 36.8 Å². The Balaban J connectivity index is 1.48. The molecule has 0 aliphatic heterocycles. The van der Waals surface area contributed by atoms with E-state index < -0.39 is 5.41 Å². The van der Waals surface area contributed by atoms with E-state index in [2.05, 4.69) is 97.1 Å². The predicted molar refractivity (Wildman–Crippen MR) is 168 cm³/mol. The number of nitriles is 2. The third-order valence-electron chi connectivity index (χ3n) is 7.75. The molecular formula is C39H26N2O2. The molecule has 0 saturated carbocycles. The SMILES string of the molecule is N#COc1ccc(-c2ccc(C(c3ccccc3)(c3ccccc3)c3ccc(-c4ccc(OC#N)cc4)cc3)cc2)cc1. The summed E-state index contributed by atoms with van der Waals surface area (Å²) in [5.74, 6) is 1.04. The molecule has 0 fully saturated rings. The number of hydrogen-bond acceptors (Lipinski definition) is 4. The Morgan fingerprint density at radius 1 is 0.349 bits per heavy atom. The number of rotatable bonds is 8. The van der Waals surface area contributed by atoms with Crippen LogP contribution in [-0.4, -0.2) is 0 Å². The fraction of sp³-hybridized carbons (Fsp3) is 0.0256. The summed E-state index contributed by atoms with van der Waals surface area (Å²) >= 11 is 0. The smallest absolute Gasteiger partial charge is 0.292 e. The van der Waals surface area contributed by atoms with Crippen LogP contribution in [0, 0.1) is 23.0 Å². The van der Waals surface area contributed by atoms with Crippen molar-refractivity contribution < 1.29 is 9.47 Å². The Morgan fingerprint density at radius 3 is 0.930 bits per heavy atom. The van der Waals surface area contributed by atoms with Crippen LogP contribution in [-0.2, 0) is 5.41 Å². The van der Waals surface area contributed by atoms with Gasteiger partial charge in [-0.25, -0.2) is 0 Å². The molecule has 0 aliphatic rings. The molecule has 4 heteroatoms. The average Bonchev–Trinajstić information content (AvgIpc) is 3.08. The van der Waals surface area contributed by atoms with Gasteiger partial charge in [0.05, 0.1) is 5.41 Å². The highest BCUT2D eigenvalue weighted by Crippen LogP contribution is 2.46. The van der Waals surface area contributed by atoms with E-state index in [1.165, 1.54) is 0 Å². The Labute approximate surface area is 251 Å². The molecule has 0 saturated heterocycles. The van der Waals surface area contributed by atoms with Crippen LogP contribution in [0.3, 0.4) is 0 Å². The lowest BCUT2D eigenvalue weighted by atomic mass is 9.65. The molecule has 0 atom stereocenters. The topological polar surface area (TPSA) is 66.0 Å². The summed E-state index contributed by atoms with van der Waals surface area (Å²) in [4.78, 5) is 0. The molecule has 0 spiro atoms. The largest absolute Gasteiger partial charge is 0.388 e. The summed E-state index contributed by atoms with van der Waals surface area (Å²) in [7, 11) is 0. The van der Waals surface area contributed by atoms with Crippen LogP contribution < -0.4 is 9.47 Å². The molecule has 0 N–H and O–H groups in total. The standard InChI is InChI=1S/C39H26N2O2/c40-27-42-37-23-15-31(16-24-37)29-11-19-35(20-12-29)39(33-7-3-1-4-8-33,34-9-5-2-6-10-34)36-21-13-30(14-22-36)32-17-25-38(26-18-32)43-28-41/h1-26H. The number of nitrogens with zero attached hydrogens (tertiary/aromatic N) is 2. The molecular weight excluding hydrogens is 528 g/mol. The zero-order valence-corrected chi connectivity index (χ0v) is 23.2. The van der Waals surface area contributed by atoms with Crippen LogP contribution in [0.4, 0.5) is 0 Å². The summed E-state index contributed by atoms with van der Waals surface area (Å²) in [6.07, 6.45) is 3.44. The minimum atomic E-state index is -0.575. The average molecular weight is 555 g/mol. The van der Waals surface area contributed by atoms with E-state index in [0.29, 0.717) is 11.5 Å². The highest BCUT2D eigenvalue weighted by atomic mass is 16.5. The first kappa shape index (κ1) is 27.1. The molecule has 204 valence electrons. The van der Waals surface area contributed by atoms with Gasteiger partial charge in [0.1, 0.15) is 11.5 Å². The highest BCUT2D eigenvalue weighted by Gasteiger charge is 2.38. The first-order valence-electron chi connectivity index (χ1n) is 13.9. The minimum absolute atomic E-state index is 0.518. The summed E-state index contributed by atoms with van der Waals surface area (Å²) < 4.78 is 9.89. The lowest BCUT2D eigenvalue weighted by Crippen LogP contribution is -2.31. The highest BCUT2D eigenvalue weighted by molar-refractivity contribution is 5.69. The Bertz CT molecular complexity index is 1740. The lowest BCUT2D eigenvalue weighted by molar-refractivity contribution is 0.507. The van der Waals surface area contributed by atoms with E-state index in [-0.39, 0.29) is 0 Å². The van der Waals surface area contributed by atoms with E-state index in [0.717, 1.165) is 44.5 Å². The first-order chi connectivity index (χ1) is 21.2. The van der Waals surface area contributed by atoms with Gasteiger partial charge in [-0.05, 0) is 68.8 Å². The maximum Gasteiger partial charge on any atom is 0.292 e. The molecule has 0 radical (unpaired) electrons. The van der Waals surface area contributed by atoms with Gasteiger partial charge >= 0.3 is 0 Å². The van der Waals surface area contributed by atoms with Crippen LogP contribution in [0.1, 0.15) is 22.3 Å². The zero-order valence-electron chi connectivity index (χ0n) is 23.2. The van der Waals surface area contributed by atoms with E-state index in [4.69, 9.17) is 20.0 Å². The third kappa shape index (κ3) is 5.34. The second-order valence-corrected chi connectivity index (χ2v) is 10.1. The quantitative estimate of drug-likeness (QED) is 0.139. The molecule has 6 rings (SSSR count). The van der Waals surface area contributed by atoms with Crippen molar-refractivity contribution in [1.29, 1.82) is 10.5 Å². The van der Waals surface area contributed by atoms with Crippen molar-refractivity contribution in [2.45, 2.75) is 5.41 Å². The van der Waals surface area contributed by atoms with Crippen LogP contribution in [0.2, 0.25) is 0 Å². The molecule has 0 aromatic heterocycles. The molecule has 0 aliphatic carbocycles. The maximum atomic E-state index is 8.81. The summed E-state index contributed by atoms with van der Waals surface area (Å²) in [5.41, 5.74) is 8.26. The maximum absolute atomic E-state index is 8.81. The lowest BCUT2D eigenvalue weighted by Gasteiger charge is -2.37. The molecule has 43 heavy (non-hydrogen) atoms. The Kier molecular flexibility index (Phi) is 7.68. The van der Waals surface area contributed by atoms with Gasteiger partial charge < -0.3 is 9.47 Å². The van der Waals surface area contributed by atoms with Gasteiger partial charge in [0.25, 0.3) is 12.5 Å². The molecule has 0 amide bonds. The fourth-order valence-corrected chi connectivity index (χ4v) is 5.74. The zero-order chi connectivity index (χ0) is 29.5. The molecule has 4 nitrogen and oxygen atoms in total. The molecule has 0 bridgehead atoms. The van der Waals surface area contributed by atoms with Crippen LogP contribution in [0.15, 0.2) is 158 Å². The number of ether oxygens (including phenoxy) is 2. The second kappa shape index (κ2) is 12.2. The third-order valence-corrected chi connectivity index (χ3v) is 7.75.